The highest BCUT2D eigenvalue weighted by Crippen LogP contribution is 2.23. The van der Waals surface area contributed by atoms with Gasteiger partial charge in [0.15, 0.2) is 0 Å². The van der Waals surface area contributed by atoms with Crippen LogP contribution in [-0.4, -0.2) is 9.97 Å². The van der Waals surface area contributed by atoms with Gasteiger partial charge >= 0.3 is 0 Å². The second-order valence-corrected chi connectivity index (χ2v) is 4.78. The summed E-state index contributed by atoms with van der Waals surface area (Å²) in [4.78, 5) is 8.48. The van der Waals surface area contributed by atoms with Crippen LogP contribution in [0.4, 0.5) is 4.39 Å². The molecule has 2 rings (SSSR count). The molecule has 1 heterocycles. The largest absolute Gasteiger partial charge is 0.237 e. The Morgan fingerprint density at radius 2 is 1.88 bits per heavy atom. The summed E-state index contributed by atoms with van der Waals surface area (Å²) in [6.07, 6.45) is 0.536. The first-order chi connectivity index (χ1) is 8.06. The monoisotopic (exact) mass is 314 g/mol. The summed E-state index contributed by atoms with van der Waals surface area (Å²) in [6.45, 7) is 1.85. The number of aromatic nitrogens is 2. The van der Waals surface area contributed by atoms with E-state index >= 15 is 0 Å². The SMILES string of the molecule is Cc1nc(Cc2ccc(F)cc2)nc(Cl)c1Br. The van der Waals surface area contributed by atoms with Crippen LogP contribution in [0.5, 0.6) is 0 Å². The predicted octanol–water partition coefficient (Wildman–Crippen LogP) is 3.93. The predicted molar refractivity (Wildman–Crippen MR) is 68.7 cm³/mol. The summed E-state index contributed by atoms with van der Waals surface area (Å²) in [5, 5.41) is 0.398. The molecule has 88 valence electrons. The molecule has 0 atom stereocenters. The van der Waals surface area contributed by atoms with Gasteiger partial charge in [0.05, 0.1) is 10.2 Å². The first kappa shape index (κ1) is 12.5. The van der Waals surface area contributed by atoms with Gasteiger partial charge in [-0.3, -0.25) is 0 Å². The van der Waals surface area contributed by atoms with Crippen LogP contribution in [0.15, 0.2) is 28.7 Å². The molecule has 1 aromatic heterocycles. The zero-order chi connectivity index (χ0) is 12.4. The average molecular weight is 316 g/mol. The third kappa shape index (κ3) is 3.01. The topological polar surface area (TPSA) is 25.8 Å². The summed E-state index contributed by atoms with van der Waals surface area (Å²) in [7, 11) is 0. The van der Waals surface area contributed by atoms with Gasteiger partial charge in [0.2, 0.25) is 0 Å². The Bertz CT molecular complexity index is 520. The van der Waals surface area contributed by atoms with Gasteiger partial charge in [-0.2, -0.15) is 0 Å². The Kier molecular flexibility index (Phi) is 3.74. The minimum atomic E-state index is -0.250. The van der Waals surface area contributed by atoms with Crippen molar-refractivity contribution in [3.05, 3.63) is 56.8 Å². The molecule has 0 radical (unpaired) electrons. The van der Waals surface area contributed by atoms with Crippen molar-refractivity contribution in [1.29, 1.82) is 0 Å². The highest BCUT2D eigenvalue weighted by Gasteiger charge is 2.07. The van der Waals surface area contributed by atoms with Crippen molar-refractivity contribution in [1.82, 2.24) is 9.97 Å². The molecular formula is C12H9BrClFN2. The molecule has 1 aromatic carbocycles. The van der Waals surface area contributed by atoms with Crippen molar-refractivity contribution >= 4 is 27.5 Å². The molecular weight excluding hydrogens is 307 g/mol. The zero-order valence-electron chi connectivity index (χ0n) is 9.04. The maximum atomic E-state index is 12.7. The smallest absolute Gasteiger partial charge is 0.147 e. The van der Waals surface area contributed by atoms with Crippen LogP contribution < -0.4 is 0 Å². The molecule has 2 aromatic rings. The number of hydrogen-bond acceptors (Lipinski definition) is 2. The maximum absolute atomic E-state index is 12.7. The van der Waals surface area contributed by atoms with Gasteiger partial charge in [0.25, 0.3) is 0 Å². The lowest BCUT2D eigenvalue weighted by Gasteiger charge is -2.05. The molecule has 0 amide bonds. The molecule has 5 heteroatoms. The van der Waals surface area contributed by atoms with Crippen LogP contribution in [0.2, 0.25) is 5.15 Å². The Hall–Kier alpha value is -1.00. The van der Waals surface area contributed by atoms with E-state index in [1.165, 1.54) is 12.1 Å². The lowest BCUT2D eigenvalue weighted by atomic mass is 10.1. The number of nitrogens with zero attached hydrogens (tertiary/aromatic N) is 2. The first-order valence-electron chi connectivity index (χ1n) is 4.99. The number of benzene rings is 1. The van der Waals surface area contributed by atoms with E-state index in [4.69, 9.17) is 11.6 Å². The molecule has 0 bridgehead atoms. The molecule has 0 spiro atoms. The summed E-state index contributed by atoms with van der Waals surface area (Å²) in [5.41, 5.74) is 1.74. The van der Waals surface area contributed by atoms with Crippen molar-refractivity contribution in [3.63, 3.8) is 0 Å². The van der Waals surface area contributed by atoms with Gasteiger partial charge in [0.1, 0.15) is 16.8 Å². The average Bonchev–Trinajstić information content (AvgIpc) is 2.29. The molecule has 0 saturated heterocycles. The minimum Gasteiger partial charge on any atom is -0.237 e. The van der Waals surface area contributed by atoms with Crippen molar-refractivity contribution in [2.45, 2.75) is 13.3 Å². The maximum Gasteiger partial charge on any atom is 0.147 e. The molecule has 0 aliphatic heterocycles. The van der Waals surface area contributed by atoms with Crippen molar-refractivity contribution in [2.24, 2.45) is 0 Å². The quantitative estimate of drug-likeness (QED) is 0.785. The van der Waals surface area contributed by atoms with E-state index < -0.39 is 0 Å². The summed E-state index contributed by atoms with van der Waals surface area (Å²) < 4.78 is 13.5. The molecule has 0 N–H and O–H groups in total. The van der Waals surface area contributed by atoms with Crippen LogP contribution in [0.25, 0.3) is 0 Å². The van der Waals surface area contributed by atoms with E-state index in [0.717, 1.165) is 11.3 Å². The van der Waals surface area contributed by atoms with Crippen molar-refractivity contribution < 1.29 is 4.39 Å². The van der Waals surface area contributed by atoms with Gasteiger partial charge < -0.3 is 0 Å². The molecule has 0 fully saturated rings. The second-order valence-electron chi connectivity index (χ2n) is 3.63. The van der Waals surface area contributed by atoms with Crippen LogP contribution in [-0.2, 0) is 6.42 Å². The lowest BCUT2D eigenvalue weighted by Crippen LogP contribution is -2.00. The van der Waals surface area contributed by atoms with Crippen LogP contribution in [0, 0.1) is 12.7 Å². The lowest BCUT2D eigenvalue weighted by molar-refractivity contribution is 0.627. The summed E-state index contributed by atoms with van der Waals surface area (Å²) in [5.74, 6) is 0.377. The Morgan fingerprint density at radius 3 is 2.47 bits per heavy atom. The Morgan fingerprint density at radius 1 is 1.24 bits per heavy atom. The van der Waals surface area contributed by atoms with E-state index in [0.29, 0.717) is 21.9 Å². The molecule has 0 aliphatic rings. The number of rotatable bonds is 2. The van der Waals surface area contributed by atoms with Crippen LogP contribution in [0.1, 0.15) is 17.1 Å². The molecule has 0 unspecified atom stereocenters. The fourth-order valence-corrected chi connectivity index (χ4v) is 1.85. The Labute approximate surface area is 112 Å². The van der Waals surface area contributed by atoms with Gasteiger partial charge in [-0.05, 0) is 40.5 Å². The molecule has 0 aliphatic carbocycles. The third-order valence-electron chi connectivity index (χ3n) is 2.30. The van der Waals surface area contributed by atoms with Crippen molar-refractivity contribution in [3.8, 4) is 0 Å². The highest BCUT2D eigenvalue weighted by atomic mass is 79.9. The summed E-state index contributed by atoms with van der Waals surface area (Å²) in [6, 6.07) is 6.26. The molecule has 2 nitrogen and oxygen atoms in total. The van der Waals surface area contributed by atoms with E-state index in [1.807, 2.05) is 6.92 Å². The summed E-state index contributed by atoms with van der Waals surface area (Å²) >= 11 is 9.25. The highest BCUT2D eigenvalue weighted by molar-refractivity contribution is 9.10. The second kappa shape index (κ2) is 5.10. The van der Waals surface area contributed by atoms with Crippen molar-refractivity contribution in [2.75, 3.05) is 0 Å². The number of hydrogen-bond donors (Lipinski definition) is 0. The van der Waals surface area contributed by atoms with E-state index in [2.05, 4.69) is 25.9 Å². The number of aryl methyl sites for hydroxylation is 1. The molecule has 0 saturated carbocycles. The fraction of sp³-hybridized carbons (Fsp3) is 0.167. The first-order valence-corrected chi connectivity index (χ1v) is 6.16. The van der Waals surface area contributed by atoms with Crippen LogP contribution in [0.3, 0.4) is 0 Å². The standard InChI is InChI=1S/C12H9BrClFN2/c1-7-11(13)12(14)17-10(16-7)6-8-2-4-9(15)5-3-8/h2-5H,6H2,1H3. The van der Waals surface area contributed by atoms with Gasteiger partial charge in [-0.25, -0.2) is 14.4 Å². The van der Waals surface area contributed by atoms with E-state index in [1.54, 1.807) is 12.1 Å². The Balaban J connectivity index is 2.27. The van der Waals surface area contributed by atoms with Crippen LogP contribution >= 0.6 is 27.5 Å². The van der Waals surface area contributed by atoms with Gasteiger partial charge in [-0.1, -0.05) is 23.7 Å². The normalized spacial score (nSPS) is 10.6. The third-order valence-corrected chi connectivity index (χ3v) is 3.75. The fourth-order valence-electron chi connectivity index (χ4n) is 1.44. The minimum absolute atomic E-state index is 0.250. The number of halogens is 3. The van der Waals surface area contributed by atoms with E-state index in [-0.39, 0.29) is 5.82 Å². The van der Waals surface area contributed by atoms with E-state index in [9.17, 15) is 4.39 Å². The zero-order valence-corrected chi connectivity index (χ0v) is 11.4. The van der Waals surface area contributed by atoms with Gasteiger partial charge in [0, 0.05) is 6.42 Å². The molecule has 17 heavy (non-hydrogen) atoms. The van der Waals surface area contributed by atoms with Gasteiger partial charge in [-0.15, -0.1) is 0 Å².